The Bertz CT molecular complexity index is 902. The molecule has 0 spiro atoms. The third-order valence-corrected chi connectivity index (χ3v) is 4.91. The van der Waals surface area contributed by atoms with E-state index in [2.05, 4.69) is 4.74 Å². The number of anilines is 1. The lowest BCUT2D eigenvalue weighted by Crippen LogP contribution is -2.28. The first-order valence-corrected chi connectivity index (χ1v) is 8.91. The molecule has 0 aliphatic carbocycles. The molecule has 2 aromatic carbocycles. The number of carbonyl (C=O) groups excluding carboxylic acids is 3. The zero-order valence-corrected chi connectivity index (χ0v) is 15.2. The molecule has 1 aliphatic heterocycles. The highest BCUT2D eigenvalue weighted by atomic mass is 32.2. The number of carbonyl (C=O) groups is 3. The van der Waals surface area contributed by atoms with Gasteiger partial charge in [-0.2, -0.15) is 0 Å². The molecule has 0 radical (unpaired) electrons. The third-order valence-electron chi connectivity index (χ3n) is 4.04. The van der Waals surface area contributed by atoms with Crippen LogP contribution in [0.3, 0.4) is 0 Å². The van der Waals surface area contributed by atoms with Gasteiger partial charge in [0.25, 0.3) is 11.1 Å². The van der Waals surface area contributed by atoms with E-state index in [4.69, 9.17) is 0 Å². The normalized spacial score (nSPS) is 15.6. The molecule has 0 N–H and O–H groups in total. The molecule has 0 unspecified atom stereocenters. The maximum atomic E-state index is 12.8. The predicted molar refractivity (Wildman–Crippen MR) is 102 cm³/mol. The van der Waals surface area contributed by atoms with Crippen LogP contribution in [-0.2, 0) is 16.0 Å². The van der Waals surface area contributed by atoms with E-state index in [9.17, 15) is 14.4 Å². The van der Waals surface area contributed by atoms with Crippen LogP contribution >= 0.6 is 11.8 Å². The Morgan fingerprint density at radius 3 is 2.46 bits per heavy atom. The number of thioether (sulfide) groups is 1. The summed E-state index contributed by atoms with van der Waals surface area (Å²) in [5, 5.41) is -0.312. The van der Waals surface area contributed by atoms with E-state index < -0.39 is 5.97 Å². The van der Waals surface area contributed by atoms with E-state index in [0.29, 0.717) is 16.2 Å². The topological polar surface area (TPSA) is 63.7 Å². The van der Waals surface area contributed by atoms with Gasteiger partial charge in [-0.3, -0.25) is 9.59 Å². The predicted octanol–water partition coefficient (Wildman–Crippen LogP) is 4.28. The minimum Gasteiger partial charge on any atom is -0.465 e. The standard InChI is InChI=1S/C20H17NO4S/c1-3-14-6-4-5-7-16(14)21-18(22)17(26-20(21)24)12-13-8-10-15(11-9-13)19(23)25-2/h4-12H,3H2,1-2H3/b17-12-. The number of benzene rings is 2. The molecule has 3 rings (SSSR count). The molecule has 132 valence electrons. The average Bonchev–Trinajstić information content (AvgIpc) is 2.94. The van der Waals surface area contributed by atoms with Crippen molar-refractivity contribution in [1.29, 1.82) is 0 Å². The zero-order valence-electron chi connectivity index (χ0n) is 14.4. The van der Waals surface area contributed by atoms with E-state index in [1.54, 1.807) is 36.4 Å². The maximum absolute atomic E-state index is 12.8. The molecule has 26 heavy (non-hydrogen) atoms. The van der Waals surface area contributed by atoms with Gasteiger partial charge in [0.1, 0.15) is 0 Å². The summed E-state index contributed by atoms with van der Waals surface area (Å²) in [5.74, 6) is -0.758. The summed E-state index contributed by atoms with van der Waals surface area (Å²) in [4.78, 5) is 38.2. The molecule has 0 saturated carbocycles. The summed E-state index contributed by atoms with van der Waals surface area (Å²) < 4.78 is 4.66. The molecule has 0 atom stereocenters. The van der Waals surface area contributed by atoms with Gasteiger partial charge in [-0.05, 0) is 53.6 Å². The number of para-hydroxylation sites is 1. The third kappa shape index (κ3) is 3.41. The summed E-state index contributed by atoms with van der Waals surface area (Å²) in [5.41, 5.74) is 2.72. The van der Waals surface area contributed by atoms with Gasteiger partial charge in [0.2, 0.25) is 0 Å². The second-order valence-electron chi connectivity index (χ2n) is 5.61. The monoisotopic (exact) mass is 367 g/mol. The van der Waals surface area contributed by atoms with Gasteiger partial charge in [0.05, 0.1) is 23.3 Å². The number of rotatable bonds is 4. The quantitative estimate of drug-likeness (QED) is 0.596. The van der Waals surface area contributed by atoms with Crippen LogP contribution in [0.5, 0.6) is 0 Å². The lowest BCUT2D eigenvalue weighted by Gasteiger charge is -2.16. The smallest absolute Gasteiger partial charge is 0.337 e. The van der Waals surface area contributed by atoms with Crippen molar-refractivity contribution in [1.82, 2.24) is 0 Å². The van der Waals surface area contributed by atoms with E-state index >= 15 is 0 Å². The number of aryl methyl sites for hydroxylation is 1. The Hall–Kier alpha value is -2.86. The zero-order chi connectivity index (χ0) is 18.7. The summed E-state index contributed by atoms with van der Waals surface area (Å²) in [6, 6.07) is 14.0. The summed E-state index contributed by atoms with van der Waals surface area (Å²) in [6.07, 6.45) is 2.38. The largest absolute Gasteiger partial charge is 0.465 e. The van der Waals surface area contributed by atoms with Gasteiger partial charge in [0, 0.05) is 0 Å². The summed E-state index contributed by atoms with van der Waals surface area (Å²) in [7, 11) is 1.32. The number of esters is 1. The highest BCUT2D eigenvalue weighted by Crippen LogP contribution is 2.37. The summed E-state index contributed by atoms with van der Waals surface area (Å²) in [6.45, 7) is 1.98. The van der Waals surface area contributed by atoms with Crippen molar-refractivity contribution in [2.24, 2.45) is 0 Å². The van der Waals surface area contributed by atoms with Crippen molar-refractivity contribution < 1.29 is 19.1 Å². The molecule has 0 bridgehead atoms. The van der Waals surface area contributed by atoms with Crippen LogP contribution in [0.25, 0.3) is 6.08 Å². The first-order chi connectivity index (χ1) is 12.5. The Morgan fingerprint density at radius 1 is 1.12 bits per heavy atom. The fourth-order valence-corrected chi connectivity index (χ4v) is 3.52. The Kier molecular flexibility index (Phi) is 5.23. The van der Waals surface area contributed by atoms with Crippen LogP contribution in [0.4, 0.5) is 10.5 Å². The fourth-order valence-electron chi connectivity index (χ4n) is 2.69. The molecular formula is C20H17NO4S. The molecule has 1 fully saturated rings. The molecule has 1 heterocycles. The fraction of sp³-hybridized carbons (Fsp3) is 0.150. The van der Waals surface area contributed by atoms with E-state index in [1.807, 2.05) is 25.1 Å². The van der Waals surface area contributed by atoms with Gasteiger partial charge < -0.3 is 4.74 Å². The highest BCUT2D eigenvalue weighted by molar-refractivity contribution is 8.19. The Morgan fingerprint density at radius 2 is 1.81 bits per heavy atom. The minimum absolute atomic E-state index is 0.312. The first kappa shape index (κ1) is 17.9. The minimum atomic E-state index is -0.423. The van der Waals surface area contributed by atoms with Crippen LogP contribution in [0.2, 0.25) is 0 Å². The van der Waals surface area contributed by atoms with Crippen LogP contribution in [0, 0.1) is 0 Å². The van der Waals surface area contributed by atoms with Gasteiger partial charge in [-0.1, -0.05) is 37.3 Å². The van der Waals surface area contributed by atoms with Crippen LogP contribution < -0.4 is 4.90 Å². The Balaban J connectivity index is 1.89. The van der Waals surface area contributed by atoms with Crippen molar-refractivity contribution in [2.75, 3.05) is 12.0 Å². The van der Waals surface area contributed by atoms with E-state index in [0.717, 1.165) is 29.3 Å². The number of hydrogen-bond acceptors (Lipinski definition) is 5. The van der Waals surface area contributed by atoms with E-state index in [1.165, 1.54) is 12.0 Å². The average molecular weight is 367 g/mol. The van der Waals surface area contributed by atoms with Crippen molar-refractivity contribution in [3.63, 3.8) is 0 Å². The van der Waals surface area contributed by atoms with Gasteiger partial charge in [-0.25, -0.2) is 9.69 Å². The maximum Gasteiger partial charge on any atom is 0.337 e. The van der Waals surface area contributed by atoms with Gasteiger partial charge in [-0.15, -0.1) is 0 Å². The molecule has 2 aromatic rings. The SMILES string of the molecule is CCc1ccccc1N1C(=O)S/C(=C\c2ccc(C(=O)OC)cc2)C1=O. The lowest BCUT2D eigenvalue weighted by atomic mass is 10.1. The van der Waals surface area contributed by atoms with Crippen LogP contribution in [0.1, 0.15) is 28.4 Å². The van der Waals surface area contributed by atoms with Crippen molar-refractivity contribution in [2.45, 2.75) is 13.3 Å². The first-order valence-electron chi connectivity index (χ1n) is 8.09. The van der Waals surface area contributed by atoms with Crippen LogP contribution in [-0.4, -0.2) is 24.2 Å². The molecular weight excluding hydrogens is 350 g/mol. The summed E-state index contributed by atoms with van der Waals surface area (Å²) >= 11 is 0.913. The van der Waals surface area contributed by atoms with Gasteiger partial charge >= 0.3 is 5.97 Å². The molecule has 0 aromatic heterocycles. The number of imide groups is 1. The van der Waals surface area contributed by atoms with Gasteiger partial charge in [0.15, 0.2) is 0 Å². The van der Waals surface area contributed by atoms with E-state index in [-0.39, 0.29) is 11.1 Å². The van der Waals surface area contributed by atoms with Crippen molar-refractivity contribution in [3.05, 3.63) is 70.1 Å². The molecule has 5 nitrogen and oxygen atoms in total. The number of ether oxygens (including phenoxy) is 1. The number of amides is 2. The molecule has 1 aliphatic rings. The molecule has 1 saturated heterocycles. The molecule has 6 heteroatoms. The second kappa shape index (κ2) is 7.58. The van der Waals surface area contributed by atoms with Crippen LogP contribution in [0.15, 0.2) is 53.4 Å². The van der Waals surface area contributed by atoms with Crippen molar-refractivity contribution >= 4 is 40.6 Å². The molecule has 2 amide bonds. The number of hydrogen-bond donors (Lipinski definition) is 0. The van der Waals surface area contributed by atoms with Crippen molar-refractivity contribution in [3.8, 4) is 0 Å². The highest BCUT2D eigenvalue weighted by Gasteiger charge is 2.37. The lowest BCUT2D eigenvalue weighted by molar-refractivity contribution is -0.113. The Labute approximate surface area is 155 Å². The second-order valence-corrected chi connectivity index (χ2v) is 6.61. The number of nitrogens with zero attached hydrogens (tertiary/aromatic N) is 1. The number of methoxy groups -OCH3 is 1.